The SMILES string of the molecule is COCCNC(=S)NC(=O)c1ccc(OC)c(Br)c1. The number of amides is 1. The summed E-state index contributed by atoms with van der Waals surface area (Å²) in [6.45, 7) is 1.06. The maximum absolute atomic E-state index is 11.9. The second-order valence-corrected chi connectivity index (χ2v) is 4.81. The van der Waals surface area contributed by atoms with Crippen molar-refractivity contribution in [3.8, 4) is 5.75 Å². The number of halogens is 1. The smallest absolute Gasteiger partial charge is 0.257 e. The average molecular weight is 347 g/mol. The number of benzene rings is 1. The van der Waals surface area contributed by atoms with Crippen molar-refractivity contribution >= 4 is 39.2 Å². The van der Waals surface area contributed by atoms with Crippen LogP contribution in [0.5, 0.6) is 5.75 Å². The summed E-state index contributed by atoms with van der Waals surface area (Å²) in [5, 5.41) is 5.72. The van der Waals surface area contributed by atoms with Crippen molar-refractivity contribution in [3.63, 3.8) is 0 Å². The summed E-state index contributed by atoms with van der Waals surface area (Å²) in [5.74, 6) is 0.385. The van der Waals surface area contributed by atoms with E-state index in [1.807, 2.05) is 0 Å². The number of methoxy groups -OCH3 is 2. The zero-order chi connectivity index (χ0) is 14.3. The van der Waals surface area contributed by atoms with Crippen molar-refractivity contribution in [2.24, 2.45) is 0 Å². The molecular formula is C12H15BrN2O3S. The largest absolute Gasteiger partial charge is 0.496 e. The van der Waals surface area contributed by atoms with Crippen LogP contribution in [0.2, 0.25) is 0 Å². The van der Waals surface area contributed by atoms with Crippen molar-refractivity contribution in [1.82, 2.24) is 10.6 Å². The van der Waals surface area contributed by atoms with Crippen molar-refractivity contribution in [2.45, 2.75) is 0 Å². The molecule has 104 valence electrons. The van der Waals surface area contributed by atoms with E-state index in [0.29, 0.717) is 28.9 Å². The lowest BCUT2D eigenvalue weighted by Gasteiger charge is -2.10. The molecule has 0 atom stereocenters. The van der Waals surface area contributed by atoms with Gasteiger partial charge in [-0.15, -0.1) is 0 Å². The lowest BCUT2D eigenvalue weighted by Crippen LogP contribution is -2.40. The molecule has 5 nitrogen and oxygen atoms in total. The van der Waals surface area contributed by atoms with Gasteiger partial charge in [0.1, 0.15) is 5.75 Å². The first kappa shape index (κ1) is 15.9. The Kier molecular flexibility index (Phi) is 6.75. The molecule has 1 aromatic rings. The summed E-state index contributed by atoms with van der Waals surface area (Å²) in [7, 11) is 3.16. The molecule has 0 radical (unpaired) electrons. The van der Waals surface area contributed by atoms with Gasteiger partial charge in [-0.2, -0.15) is 0 Å². The second kappa shape index (κ2) is 8.08. The number of rotatable bonds is 5. The van der Waals surface area contributed by atoms with Crippen LogP contribution in [0.25, 0.3) is 0 Å². The highest BCUT2D eigenvalue weighted by atomic mass is 79.9. The number of thiocarbonyl (C=S) groups is 1. The Morgan fingerprint density at radius 1 is 1.42 bits per heavy atom. The quantitative estimate of drug-likeness (QED) is 0.627. The first-order valence-electron chi connectivity index (χ1n) is 5.50. The van der Waals surface area contributed by atoms with Crippen LogP contribution in [0.4, 0.5) is 0 Å². The second-order valence-electron chi connectivity index (χ2n) is 3.55. The van der Waals surface area contributed by atoms with Gasteiger partial charge >= 0.3 is 0 Å². The van der Waals surface area contributed by atoms with Crippen LogP contribution < -0.4 is 15.4 Å². The zero-order valence-corrected chi connectivity index (χ0v) is 13.1. The van der Waals surface area contributed by atoms with Crippen LogP contribution in [0.3, 0.4) is 0 Å². The van der Waals surface area contributed by atoms with Gasteiger partial charge in [0.05, 0.1) is 18.2 Å². The monoisotopic (exact) mass is 346 g/mol. The fourth-order valence-corrected chi connectivity index (χ4v) is 2.03. The molecule has 0 aliphatic rings. The highest BCUT2D eigenvalue weighted by molar-refractivity contribution is 9.10. The van der Waals surface area contributed by atoms with Crippen molar-refractivity contribution in [2.75, 3.05) is 27.4 Å². The molecule has 0 aliphatic carbocycles. The van der Waals surface area contributed by atoms with E-state index in [-0.39, 0.29) is 11.0 Å². The molecule has 7 heteroatoms. The lowest BCUT2D eigenvalue weighted by molar-refractivity contribution is 0.0976. The van der Waals surface area contributed by atoms with Gasteiger partial charge in [-0.25, -0.2) is 0 Å². The maximum atomic E-state index is 11.9. The Morgan fingerprint density at radius 3 is 2.74 bits per heavy atom. The molecule has 1 aromatic carbocycles. The lowest BCUT2D eigenvalue weighted by atomic mass is 10.2. The first-order valence-corrected chi connectivity index (χ1v) is 6.70. The fourth-order valence-electron chi connectivity index (χ4n) is 1.29. The molecule has 0 bridgehead atoms. The van der Waals surface area contributed by atoms with E-state index in [1.165, 1.54) is 0 Å². The molecule has 0 fully saturated rings. The van der Waals surface area contributed by atoms with Crippen LogP contribution in [0, 0.1) is 0 Å². The topological polar surface area (TPSA) is 59.6 Å². The predicted molar refractivity (Wildman–Crippen MR) is 80.6 cm³/mol. The first-order chi connectivity index (χ1) is 9.08. The number of nitrogens with one attached hydrogen (secondary N) is 2. The van der Waals surface area contributed by atoms with Crippen LogP contribution in [0.15, 0.2) is 22.7 Å². The van der Waals surface area contributed by atoms with Crippen molar-refractivity contribution < 1.29 is 14.3 Å². The van der Waals surface area contributed by atoms with E-state index in [9.17, 15) is 4.79 Å². The van der Waals surface area contributed by atoms with Crippen LogP contribution in [-0.2, 0) is 4.74 Å². The van der Waals surface area contributed by atoms with Crippen LogP contribution >= 0.6 is 28.1 Å². The summed E-state index contributed by atoms with van der Waals surface area (Å²) < 4.78 is 10.7. The summed E-state index contributed by atoms with van der Waals surface area (Å²) in [6, 6.07) is 5.04. The third kappa shape index (κ3) is 5.14. The third-order valence-electron chi connectivity index (χ3n) is 2.23. The molecule has 0 heterocycles. The normalized spacial score (nSPS) is 9.84. The van der Waals surface area contributed by atoms with Gasteiger partial charge in [0.2, 0.25) is 0 Å². The highest BCUT2D eigenvalue weighted by Gasteiger charge is 2.10. The molecule has 0 spiro atoms. The molecule has 0 unspecified atom stereocenters. The van der Waals surface area contributed by atoms with Gasteiger partial charge in [0, 0.05) is 19.2 Å². The van der Waals surface area contributed by atoms with Gasteiger partial charge in [0.25, 0.3) is 5.91 Å². The van der Waals surface area contributed by atoms with E-state index in [0.717, 1.165) is 0 Å². The summed E-state index contributed by atoms with van der Waals surface area (Å²) in [5.41, 5.74) is 0.489. The standard InChI is InChI=1S/C12H15BrN2O3S/c1-17-6-5-14-12(19)15-11(16)8-3-4-10(18-2)9(13)7-8/h3-4,7H,5-6H2,1-2H3,(H2,14,15,16,19). The summed E-state index contributed by atoms with van der Waals surface area (Å²) in [6.07, 6.45) is 0. The molecule has 0 aliphatic heterocycles. The number of hydrogen-bond donors (Lipinski definition) is 2. The van der Waals surface area contributed by atoms with Gasteiger partial charge in [-0.3, -0.25) is 10.1 Å². The summed E-state index contributed by atoms with van der Waals surface area (Å²) >= 11 is 8.31. The molecule has 19 heavy (non-hydrogen) atoms. The molecule has 2 N–H and O–H groups in total. The fraction of sp³-hybridized carbons (Fsp3) is 0.333. The molecule has 0 aromatic heterocycles. The Balaban J connectivity index is 2.58. The Labute approximate surface area is 125 Å². The summed E-state index contributed by atoms with van der Waals surface area (Å²) in [4.78, 5) is 11.9. The number of hydrogen-bond acceptors (Lipinski definition) is 4. The van der Waals surface area contributed by atoms with Crippen molar-refractivity contribution in [1.29, 1.82) is 0 Å². The molecule has 0 saturated heterocycles. The van der Waals surface area contributed by atoms with Gasteiger partial charge in [-0.05, 0) is 46.3 Å². The van der Waals surface area contributed by atoms with E-state index in [4.69, 9.17) is 21.7 Å². The maximum Gasteiger partial charge on any atom is 0.257 e. The highest BCUT2D eigenvalue weighted by Crippen LogP contribution is 2.25. The zero-order valence-electron chi connectivity index (χ0n) is 10.7. The van der Waals surface area contributed by atoms with E-state index in [2.05, 4.69) is 26.6 Å². The van der Waals surface area contributed by atoms with Gasteiger partial charge in [-0.1, -0.05) is 0 Å². The molecule has 1 amide bonds. The van der Waals surface area contributed by atoms with Gasteiger partial charge < -0.3 is 14.8 Å². The van der Waals surface area contributed by atoms with E-state index < -0.39 is 0 Å². The Hall–Kier alpha value is -1.18. The van der Waals surface area contributed by atoms with E-state index in [1.54, 1.807) is 32.4 Å². The number of carbonyl (C=O) groups excluding carboxylic acids is 1. The van der Waals surface area contributed by atoms with Gasteiger partial charge in [0.15, 0.2) is 5.11 Å². The van der Waals surface area contributed by atoms with Crippen LogP contribution in [-0.4, -0.2) is 38.4 Å². The third-order valence-corrected chi connectivity index (χ3v) is 3.10. The minimum atomic E-state index is -0.279. The predicted octanol–water partition coefficient (Wildman–Crippen LogP) is 1.71. The number of carbonyl (C=O) groups is 1. The van der Waals surface area contributed by atoms with E-state index >= 15 is 0 Å². The minimum Gasteiger partial charge on any atom is -0.496 e. The molecule has 1 rings (SSSR count). The Bertz CT molecular complexity index is 468. The Morgan fingerprint density at radius 2 is 2.16 bits per heavy atom. The minimum absolute atomic E-state index is 0.272. The number of ether oxygens (including phenoxy) is 2. The van der Waals surface area contributed by atoms with Crippen molar-refractivity contribution in [3.05, 3.63) is 28.2 Å². The van der Waals surface area contributed by atoms with Crippen LogP contribution in [0.1, 0.15) is 10.4 Å². The molecule has 0 saturated carbocycles. The average Bonchev–Trinajstić information content (AvgIpc) is 2.38. The molecular weight excluding hydrogens is 332 g/mol.